The number of aromatic nitrogens is 2. The van der Waals surface area contributed by atoms with Gasteiger partial charge in [0.05, 0.1) is 6.61 Å². The Morgan fingerprint density at radius 2 is 2.00 bits per heavy atom. The van der Waals surface area contributed by atoms with Gasteiger partial charge in [0.15, 0.2) is 0 Å². The number of hydrogen-bond acceptors (Lipinski definition) is 4. The number of aryl methyl sites for hydroxylation is 1. The number of nitrogens with one attached hydrogen (secondary N) is 1. The topological polar surface area (TPSA) is 47.0 Å². The highest BCUT2D eigenvalue weighted by molar-refractivity contribution is 5.31. The van der Waals surface area contributed by atoms with Gasteiger partial charge in [0.1, 0.15) is 0 Å². The molecular formula is C14H25N3O. The van der Waals surface area contributed by atoms with Crippen LogP contribution in [0.2, 0.25) is 0 Å². The van der Waals surface area contributed by atoms with Crippen molar-refractivity contribution < 1.29 is 4.74 Å². The molecule has 18 heavy (non-hydrogen) atoms. The molecular weight excluding hydrogens is 226 g/mol. The SMILES string of the molecule is CCCOc1cc(C)nc(NC(C)C(C)CC)n1. The number of anilines is 1. The molecule has 1 aromatic heterocycles. The van der Waals surface area contributed by atoms with E-state index in [0.717, 1.165) is 18.5 Å². The van der Waals surface area contributed by atoms with Gasteiger partial charge in [-0.05, 0) is 26.2 Å². The highest BCUT2D eigenvalue weighted by atomic mass is 16.5. The van der Waals surface area contributed by atoms with Crippen LogP contribution < -0.4 is 10.1 Å². The zero-order chi connectivity index (χ0) is 13.5. The molecule has 0 aliphatic rings. The molecule has 0 spiro atoms. The normalized spacial score (nSPS) is 14.1. The smallest absolute Gasteiger partial charge is 0.226 e. The highest BCUT2D eigenvalue weighted by Gasteiger charge is 2.12. The molecule has 0 fully saturated rings. The molecule has 1 aromatic rings. The van der Waals surface area contributed by atoms with Crippen LogP contribution >= 0.6 is 0 Å². The standard InChI is InChI=1S/C14H25N3O/c1-6-8-18-13-9-11(4)15-14(17-13)16-12(5)10(3)7-2/h9-10,12H,6-8H2,1-5H3,(H,15,16,17). The third-order valence-corrected chi connectivity index (χ3v) is 3.14. The van der Waals surface area contributed by atoms with Gasteiger partial charge < -0.3 is 10.1 Å². The van der Waals surface area contributed by atoms with Crippen molar-refractivity contribution in [2.75, 3.05) is 11.9 Å². The summed E-state index contributed by atoms with van der Waals surface area (Å²) < 4.78 is 5.55. The van der Waals surface area contributed by atoms with E-state index in [9.17, 15) is 0 Å². The van der Waals surface area contributed by atoms with E-state index >= 15 is 0 Å². The summed E-state index contributed by atoms with van der Waals surface area (Å²) in [6.45, 7) is 11.3. The Balaban J connectivity index is 2.73. The molecule has 0 saturated heterocycles. The Labute approximate surface area is 110 Å². The Hall–Kier alpha value is -1.32. The van der Waals surface area contributed by atoms with Crippen molar-refractivity contribution in [1.29, 1.82) is 0 Å². The first-order valence-corrected chi connectivity index (χ1v) is 6.81. The first kappa shape index (κ1) is 14.7. The molecule has 0 radical (unpaired) electrons. The average Bonchev–Trinajstić information content (AvgIpc) is 2.34. The van der Waals surface area contributed by atoms with Crippen LogP contribution in [-0.4, -0.2) is 22.6 Å². The molecule has 0 amide bonds. The van der Waals surface area contributed by atoms with Gasteiger partial charge in [0.25, 0.3) is 0 Å². The van der Waals surface area contributed by atoms with Crippen molar-refractivity contribution in [3.63, 3.8) is 0 Å². The average molecular weight is 251 g/mol. The Morgan fingerprint density at radius 3 is 2.61 bits per heavy atom. The van der Waals surface area contributed by atoms with Crippen molar-refractivity contribution in [1.82, 2.24) is 9.97 Å². The van der Waals surface area contributed by atoms with Crippen LogP contribution in [0.3, 0.4) is 0 Å². The fourth-order valence-electron chi connectivity index (χ4n) is 1.58. The van der Waals surface area contributed by atoms with Gasteiger partial charge in [-0.1, -0.05) is 27.2 Å². The summed E-state index contributed by atoms with van der Waals surface area (Å²) in [4.78, 5) is 8.78. The van der Waals surface area contributed by atoms with E-state index in [2.05, 4.69) is 43.0 Å². The van der Waals surface area contributed by atoms with Crippen molar-refractivity contribution in [2.24, 2.45) is 5.92 Å². The van der Waals surface area contributed by atoms with Crippen LogP contribution in [0.4, 0.5) is 5.95 Å². The van der Waals surface area contributed by atoms with Crippen LogP contribution in [-0.2, 0) is 0 Å². The number of nitrogens with zero attached hydrogens (tertiary/aromatic N) is 2. The zero-order valence-corrected chi connectivity index (χ0v) is 12.2. The Kier molecular flexibility index (Phi) is 5.89. The Bertz CT molecular complexity index is 368. The third-order valence-electron chi connectivity index (χ3n) is 3.14. The number of hydrogen-bond donors (Lipinski definition) is 1. The van der Waals surface area contributed by atoms with E-state index in [4.69, 9.17) is 4.74 Å². The quantitative estimate of drug-likeness (QED) is 0.806. The van der Waals surface area contributed by atoms with Crippen LogP contribution in [0.1, 0.15) is 46.2 Å². The molecule has 1 N–H and O–H groups in total. The van der Waals surface area contributed by atoms with E-state index in [0.29, 0.717) is 30.4 Å². The van der Waals surface area contributed by atoms with Crippen molar-refractivity contribution in [3.05, 3.63) is 11.8 Å². The molecule has 102 valence electrons. The molecule has 4 nitrogen and oxygen atoms in total. The van der Waals surface area contributed by atoms with Gasteiger partial charge >= 0.3 is 0 Å². The second-order valence-corrected chi connectivity index (χ2v) is 4.84. The summed E-state index contributed by atoms with van der Waals surface area (Å²) in [6.07, 6.45) is 2.12. The lowest BCUT2D eigenvalue weighted by molar-refractivity contribution is 0.304. The molecule has 2 unspecified atom stereocenters. The monoisotopic (exact) mass is 251 g/mol. The van der Waals surface area contributed by atoms with Gasteiger partial charge in [-0.15, -0.1) is 0 Å². The maximum absolute atomic E-state index is 5.55. The van der Waals surface area contributed by atoms with E-state index < -0.39 is 0 Å². The first-order chi connectivity index (χ1) is 8.56. The van der Waals surface area contributed by atoms with Crippen molar-refractivity contribution in [3.8, 4) is 5.88 Å². The van der Waals surface area contributed by atoms with E-state index in [1.54, 1.807) is 0 Å². The van der Waals surface area contributed by atoms with Gasteiger partial charge in [0.2, 0.25) is 11.8 Å². The van der Waals surface area contributed by atoms with Crippen molar-refractivity contribution in [2.45, 2.75) is 53.5 Å². The van der Waals surface area contributed by atoms with Crippen LogP contribution in [0.15, 0.2) is 6.07 Å². The summed E-state index contributed by atoms with van der Waals surface area (Å²) in [5, 5.41) is 3.35. The second-order valence-electron chi connectivity index (χ2n) is 4.84. The summed E-state index contributed by atoms with van der Waals surface area (Å²) in [5.74, 6) is 1.91. The lowest BCUT2D eigenvalue weighted by atomic mass is 10.0. The minimum Gasteiger partial charge on any atom is -0.478 e. The summed E-state index contributed by atoms with van der Waals surface area (Å²) in [5.41, 5.74) is 0.926. The lowest BCUT2D eigenvalue weighted by Crippen LogP contribution is -2.24. The largest absolute Gasteiger partial charge is 0.478 e. The van der Waals surface area contributed by atoms with Gasteiger partial charge in [-0.3, -0.25) is 0 Å². The van der Waals surface area contributed by atoms with Crippen LogP contribution in [0.5, 0.6) is 5.88 Å². The first-order valence-electron chi connectivity index (χ1n) is 6.81. The van der Waals surface area contributed by atoms with Crippen molar-refractivity contribution >= 4 is 5.95 Å². The summed E-state index contributed by atoms with van der Waals surface area (Å²) in [7, 11) is 0. The fraction of sp³-hybridized carbons (Fsp3) is 0.714. The molecule has 0 aliphatic heterocycles. The Morgan fingerprint density at radius 1 is 1.28 bits per heavy atom. The maximum atomic E-state index is 5.55. The highest BCUT2D eigenvalue weighted by Crippen LogP contribution is 2.16. The second kappa shape index (κ2) is 7.19. The molecule has 0 saturated carbocycles. The van der Waals surface area contributed by atoms with E-state index in [1.165, 1.54) is 0 Å². The molecule has 0 aromatic carbocycles. The van der Waals surface area contributed by atoms with Gasteiger partial charge in [0, 0.05) is 17.8 Å². The van der Waals surface area contributed by atoms with Gasteiger partial charge in [-0.2, -0.15) is 4.98 Å². The van der Waals surface area contributed by atoms with Gasteiger partial charge in [-0.25, -0.2) is 4.98 Å². The summed E-state index contributed by atoms with van der Waals surface area (Å²) >= 11 is 0. The molecule has 0 bridgehead atoms. The molecule has 4 heteroatoms. The number of ether oxygens (including phenoxy) is 1. The van der Waals surface area contributed by atoms with E-state index in [-0.39, 0.29) is 0 Å². The lowest BCUT2D eigenvalue weighted by Gasteiger charge is -2.20. The van der Waals surface area contributed by atoms with Crippen LogP contribution in [0.25, 0.3) is 0 Å². The zero-order valence-electron chi connectivity index (χ0n) is 12.2. The molecule has 2 atom stereocenters. The predicted molar refractivity (Wildman–Crippen MR) is 75.1 cm³/mol. The van der Waals surface area contributed by atoms with E-state index in [1.807, 2.05) is 13.0 Å². The molecule has 0 aliphatic carbocycles. The molecule has 1 heterocycles. The predicted octanol–water partition coefficient (Wildman–Crippen LogP) is 3.42. The summed E-state index contributed by atoms with van der Waals surface area (Å²) in [6, 6.07) is 2.23. The minimum absolute atomic E-state index is 0.357. The molecule has 1 rings (SSSR count). The van der Waals surface area contributed by atoms with Crippen LogP contribution in [0, 0.1) is 12.8 Å². The maximum Gasteiger partial charge on any atom is 0.226 e. The fourth-order valence-corrected chi connectivity index (χ4v) is 1.58. The third kappa shape index (κ3) is 4.51. The minimum atomic E-state index is 0.357. The number of rotatable bonds is 7.